The minimum atomic E-state index is 0.0182. The Labute approximate surface area is 169 Å². The fraction of sp³-hybridized carbons (Fsp3) is 0.154. The lowest BCUT2D eigenvalue weighted by Crippen LogP contribution is -2.15. The van der Waals surface area contributed by atoms with Gasteiger partial charge in [0.1, 0.15) is 6.61 Å². The van der Waals surface area contributed by atoms with E-state index in [4.69, 9.17) is 4.74 Å². The summed E-state index contributed by atoms with van der Waals surface area (Å²) in [7, 11) is 0. The zero-order valence-electron chi connectivity index (χ0n) is 16.5. The molecule has 1 aliphatic heterocycles. The van der Waals surface area contributed by atoms with Crippen molar-refractivity contribution in [2.75, 3.05) is 13.2 Å². The van der Waals surface area contributed by atoms with E-state index < -0.39 is 0 Å². The van der Waals surface area contributed by atoms with Crippen LogP contribution in [0.15, 0.2) is 71.7 Å². The van der Waals surface area contributed by atoms with Gasteiger partial charge in [-0.1, -0.05) is 60.7 Å². The molecule has 4 aromatic rings. The van der Waals surface area contributed by atoms with Gasteiger partial charge >= 0.3 is 0 Å². The Morgan fingerprint density at radius 3 is 2.24 bits per heavy atom. The van der Waals surface area contributed by atoms with Crippen LogP contribution in [0.5, 0.6) is 0 Å². The van der Waals surface area contributed by atoms with Crippen LogP contribution in [0.3, 0.4) is 0 Å². The van der Waals surface area contributed by atoms with Crippen LogP contribution >= 0.6 is 0 Å². The molecule has 0 atom stereocenters. The third-order valence-electron chi connectivity index (χ3n) is 5.61. The molecule has 0 spiro atoms. The van der Waals surface area contributed by atoms with Gasteiger partial charge in [0, 0.05) is 11.1 Å². The van der Waals surface area contributed by atoms with Crippen LogP contribution in [-0.2, 0) is 4.74 Å². The highest BCUT2D eigenvalue weighted by Crippen LogP contribution is 2.31. The van der Waals surface area contributed by atoms with Gasteiger partial charge in [0.15, 0.2) is 5.78 Å². The highest BCUT2D eigenvalue weighted by atomic mass is 16.5. The summed E-state index contributed by atoms with van der Waals surface area (Å²) in [5.41, 5.74) is 4.14. The molecule has 142 valence electrons. The van der Waals surface area contributed by atoms with E-state index in [1.807, 2.05) is 56.3 Å². The smallest absolute Gasteiger partial charge is 0.217 e. The first kappa shape index (κ1) is 17.6. The van der Waals surface area contributed by atoms with Crippen LogP contribution < -0.4 is 0 Å². The third kappa shape index (κ3) is 2.90. The molecule has 0 aliphatic carbocycles. The number of fused-ring (bicyclic) bond motifs is 2. The number of aryl methyl sites for hydroxylation is 2. The first-order chi connectivity index (χ1) is 14.1. The number of ketones is 1. The number of carbonyl (C=O) groups is 1. The molecule has 3 nitrogen and oxygen atoms in total. The van der Waals surface area contributed by atoms with Crippen LogP contribution in [0.2, 0.25) is 0 Å². The van der Waals surface area contributed by atoms with Gasteiger partial charge in [-0.3, -0.25) is 4.79 Å². The predicted molar refractivity (Wildman–Crippen MR) is 118 cm³/mol. The minimum Gasteiger partial charge on any atom is -0.475 e. The maximum Gasteiger partial charge on any atom is 0.217 e. The van der Waals surface area contributed by atoms with Crippen LogP contribution in [0, 0.1) is 13.8 Å². The Morgan fingerprint density at radius 1 is 0.862 bits per heavy atom. The number of aliphatic imine (C=N–C) groups is 1. The molecule has 0 saturated heterocycles. The fourth-order valence-corrected chi connectivity index (χ4v) is 4.22. The molecule has 0 unspecified atom stereocenters. The first-order valence-corrected chi connectivity index (χ1v) is 9.87. The van der Waals surface area contributed by atoms with Crippen molar-refractivity contribution >= 4 is 33.2 Å². The average Bonchev–Trinajstić information content (AvgIpc) is 3.26. The van der Waals surface area contributed by atoms with Crippen LogP contribution in [-0.4, -0.2) is 24.8 Å². The van der Waals surface area contributed by atoms with Crippen molar-refractivity contribution in [2.24, 2.45) is 4.99 Å². The van der Waals surface area contributed by atoms with E-state index in [9.17, 15) is 4.79 Å². The van der Waals surface area contributed by atoms with Crippen LogP contribution in [0.1, 0.15) is 32.6 Å². The molecule has 1 aliphatic rings. The lowest BCUT2D eigenvalue weighted by molar-refractivity contribution is 0.103. The van der Waals surface area contributed by atoms with E-state index in [0.717, 1.165) is 43.8 Å². The molecule has 1 heterocycles. The van der Waals surface area contributed by atoms with E-state index in [1.165, 1.54) is 0 Å². The monoisotopic (exact) mass is 379 g/mol. The van der Waals surface area contributed by atoms with E-state index in [0.29, 0.717) is 24.6 Å². The van der Waals surface area contributed by atoms with Crippen molar-refractivity contribution in [3.63, 3.8) is 0 Å². The van der Waals surface area contributed by atoms with Crippen molar-refractivity contribution < 1.29 is 9.53 Å². The topological polar surface area (TPSA) is 38.7 Å². The summed E-state index contributed by atoms with van der Waals surface area (Å²) < 4.78 is 5.83. The predicted octanol–water partition coefficient (Wildman–Crippen LogP) is 5.62. The highest BCUT2D eigenvalue weighted by Gasteiger charge is 2.26. The molecule has 0 amide bonds. The highest BCUT2D eigenvalue weighted by molar-refractivity contribution is 6.22. The number of nitrogens with zero attached hydrogens (tertiary/aromatic N) is 1. The molecule has 0 bridgehead atoms. The Bertz CT molecular complexity index is 1320. The van der Waals surface area contributed by atoms with Gasteiger partial charge in [0.05, 0.1) is 12.1 Å². The Kier molecular flexibility index (Phi) is 4.17. The zero-order chi connectivity index (χ0) is 20.0. The molecular formula is C26H21NO2. The van der Waals surface area contributed by atoms with Crippen molar-refractivity contribution in [1.29, 1.82) is 0 Å². The van der Waals surface area contributed by atoms with Gasteiger partial charge in [0.25, 0.3) is 0 Å². The summed E-state index contributed by atoms with van der Waals surface area (Å²) in [6.45, 7) is 5.18. The summed E-state index contributed by atoms with van der Waals surface area (Å²) >= 11 is 0. The number of rotatable bonds is 3. The summed E-state index contributed by atoms with van der Waals surface area (Å²) in [5.74, 6) is 0.594. The lowest BCUT2D eigenvalue weighted by atomic mass is 9.87. The Hall–Kier alpha value is -3.46. The van der Waals surface area contributed by atoms with Crippen molar-refractivity contribution in [3.8, 4) is 0 Å². The van der Waals surface area contributed by atoms with E-state index in [1.54, 1.807) is 0 Å². The van der Waals surface area contributed by atoms with Crippen LogP contribution in [0.25, 0.3) is 21.5 Å². The number of hydrogen-bond donors (Lipinski definition) is 0. The molecule has 0 saturated carbocycles. The molecule has 29 heavy (non-hydrogen) atoms. The fourth-order valence-electron chi connectivity index (χ4n) is 4.22. The lowest BCUT2D eigenvalue weighted by Gasteiger charge is -2.16. The molecule has 0 radical (unpaired) electrons. The van der Waals surface area contributed by atoms with E-state index in [2.05, 4.69) is 29.3 Å². The molecular weight excluding hydrogens is 358 g/mol. The zero-order valence-corrected chi connectivity index (χ0v) is 16.5. The van der Waals surface area contributed by atoms with Crippen molar-refractivity contribution in [3.05, 3.63) is 94.5 Å². The average molecular weight is 379 g/mol. The van der Waals surface area contributed by atoms with Crippen molar-refractivity contribution in [1.82, 2.24) is 0 Å². The van der Waals surface area contributed by atoms with E-state index in [-0.39, 0.29) is 5.78 Å². The number of carbonyl (C=O) groups excluding carboxylic acids is 1. The molecule has 0 aromatic heterocycles. The number of hydrogen-bond acceptors (Lipinski definition) is 3. The van der Waals surface area contributed by atoms with Crippen LogP contribution in [0.4, 0.5) is 0 Å². The molecule has 3 heteroatoms. The normalized spacial score (nSPS) is 13.5. The third-order valence-corrected chi connectivity index (χ3v) is 5.61. The first-order valence-electron chi connectivity index (χ1n) is 9.87. The molecule has 0 N–H and O–H groups in total. The van der Waals surface area contributed by atoms with Gasteiger partial charge in [-0.05, 0) is 52.6 Å². The maximum atomic E-state index is 13.8. The second-order valence-electron chi connectivity index (χ2n) is 7.54. The number of benzene rings is 4. The standard InChI is InChI=1S/C26H21NO2/c1-16-13-18-7-3-4-8-19(18)15-22(16)25(28)23-17(2)14-20-9-5-6-10-21(20)24(23)26-27-11-12-29-26/h3-10,13-15H,11-12H2,1-2H3. The van der Waals surface area contributed by atoms with Crippen molar-refractivity contribution in [2.45, 2.75) is 13.8 Å². The largest absolute Gasteiger partial charge is 0.475 e. The summed E-state index contributed by atoms with van der Waals surface area (Å²) in [4.78, 5) is 18.4. The molecule has 0 fully saturated rings. The summed E-state index contributed by atoms with van der Waals surface area (Å²) in [6.07, 6.45) is 0. The molecule has 5 rings (SSSR count). The summed E-state index contributed by atoms with van der Waals surface area (Å²) in [5, 5.41) is 4.29. The maximum absolute atomic E-state index is 13.8. The van der Waals surface area contributed by atoms with Gasteiger partial charge in [-0.25, -0.2) is 4.99 Å². The van der Waals surface area contributed by atoms with Gasteiger partial charge in [0.2, 0.25) is 5.90 Å². The van der Waals surface area contributed by atoms with Gasteiger partial charge < -0.3 is 4.74 Å². The SMILES string of the molecule is Cc1cc2ccccc2cc1C(=O)c1c(C)cc2ccccc2c1C1=NCCO1. The van der Waals surface area contributed by atoms with Gasteiger partial charge in [-0.15, -0.1) is 0 Å². The Morgan fingerprint density at radius 2 is 1.52 bits per heavy atom. The number of ether oxygens (including phenoxy) is 1. The minimum absolute atomic E-state index is 0.0182. The quantitative estimate of drug-likeness (QED) is 0.434. The summed E-state index contributed by atoms with van der Waals surface area (Å²) in [6, 6.07) is 22.4. The second-order valence-corrected chi connectivity index (χ2v) is 7.54. The van der Waals surface area contributed by atoms with E-state index >= 15 is 0 Å². The Balaban J connectivity index is 1.79. The molecule has 4 aromatic carbocycles. The van der Waals surface area contributed by atoms with Gasteiger partial charge in [-0.2, -0.15) is 0 Å². The second kappa shape index (κ2) is 6.85.